The number of anilines is 1. The van der Waals surface area contributed by atoms with E-state index in [9.17, 15) is 14.9 Å². The van der Waals surface area contributed by atoms with Crippen LogP contribution in [0.2, 0.25) is 0 Å². The van der Waals surface area contributed by atoms with E-state index in [2.05, 4.69) is 28.8 Å². The van der Waals surface area contributed by atoms with Crippen molar-refractivity contribution in [3.05, 3.63) is 58.7 Å². The third-order valence-corrected chi connectivity index (χ3v) is 6.41. The smallest absolute Gasteiger partial charge is 0.250 e. The molecule has 2 heterocycles. The lowest BCUT2D eigenvalue weighted by molar-refractivity contribution is -0.145. The summed E-state index contributed by atoms with van der Waals surface area (Å²) in [5.41, 5.74) is 4.50. The van der Waals surface area contributed by atoms with E-state index in [1.54, 1.807) is 23.0 Å². The lowest BCUT2D eigenvalue weighted by Crippen LogP contribution is -2.47. The number of hydrogen-bond donors (Lipinski definition) is 2. The zero-order valence-corrected chi connectivity index (χ0v) is 20.3. The highest BCUT2D eigenvalue weighted by Crippen LogP contribution is 2.37. The van der Waals surface area contributed by atoms with Crippen LogP contribution in [0.5, 0.6) is 5.75 Å². The van der Waals surface area contributed by atoms with Crippen LogP contribution in [0.3, 0.4) is 0 Å². The molecule has 0 bridgehead atoms. The maximum Gasteiger partial charge on any atom is 0.250 e. The Morgan fingerprint density at radius 1 is 1.09 bits per heavy atom. The fraction of sp³-hybridized carbons (Fsp3) is 0.423. The van der Waals surface area contributed by atoms with Crippen molar-refractivity contribution in [3.63, 3.8) is 0 Å². The SMILES string of the molecule is CCNCCN(C(=O)CNCC(=O)N(C)N1Cc2ccccc2C1)c1cc(C#N)cc2c1OCC2. The van der Waals surface area contributed by atoms with E-state index < -0.39 is 0 Å². The molecule has 2 N–H and O–H groups in total. The molecule has 4 rings (SSSR count). The number of amides is 2. The second-order valence-corrected chi connectivity index (χ2v) is 8.71. The van der Waals surface area contributed by atoms with Gasteiger partial charge >= 0.3 is 0 Å². The predicted molar refractivity (Wildman–Crippen MR) is 133 cm³/mol. The van der Waals surface area contributed by atoms with Gasteiger partial charge in [-0.1, -0.05) is 31.2 Å². The molecule has 0 atom stereocenters. The first kappa shape index (κ1) is 24.7. The molecule has 9 nitrogen and oxygen atoms in total. The molecule has 2 amide bonds. The molecule has 0 saturated heterocycles. The summed E-state index contributed by atoms with van der Waals surface area (Å²) in [6, 6.07) is 13.9. The fourth-order valence-electron chi connectivity index (χ4n) is 4.47. The van der Waals surface area contributed by atoms with Gasteiger partial charge in [-0.2, -0.15) is 5.26 Å². The number of benzene rings is 2. The Bertz CT molecular complexity index is 1100. The van der Waals surface area contributed by atoms with Crippen molar-refractivity contribution in [2.24, 2.45) is 0 Å². The molecule has 2 aliphatic rings. The normalized spacial score (nSPS) is 14.1. The summed E-state index contributed by atoms with van der Waals surface area (Å²) in [5.74, 6) is 0.374. The van der Waals surface area contributed by atoms with Gasteiger partial charge in [-0.3, -0.25) is 19.9 Å². The second kappa shape index (κ2) is 11.3. The number of rotatable bonds is 10. The van der Waals surface area contributed by atoms with Crippen LogP contribution in [-0.2, 0) is 29.1 Å². The van der Waals surface area contributed by atoms with Crippen LogP contribution in [0, 0.1) is 11.3 Å². The van der Waals surface area contributed by atoms with Gasteiger partial charge in [-0.05, 0) is 29.8 Å². The summed E-state index contributed by atoms with van der Waals surface area (Å²) >= 11 is 0. The summed E-state index contributed by atoms with van der Waals surface area (Å²) in [6.45, 7) is 5.78. The van der Waals surface area contributed by atoms with Gasteiger partial charge in [0, 0.05) is 45.2 Å². The zero-order valence-electron chi connectivity index (χ0n) is 20.3. The van der Waals surface area contributed by atoms with E-state index in [1.165, 1.54) is 11.1 Å². The summed E-state index contributed by atoms with van der Waals surface area (Å²) in [6.07, 6.45) is 0.715. The average molecular weight is 477 g/mol. The minimum Gasteiger partial charge on any atom is -0.491 e. The van der Waals surface area contributed by atoms with Gasteiger partial charge < -0.3 is 15.0 Å². The van der Waals surface area contributed by atoms with Crippen molar-refractivity contribution in [2.75, 3.05) is 51.3 Å². The minimum absolute atomic E-state index is 0.00249. The Morgan fingerprint density at radius 2 is 1.80 bits per heavy atom. The Kier molecular flexibility index (Phi) is 7.98. The van der Waals surface area contributed by atoms with Crippen LogP contribution in [0.25, 0.3) is 0 Å². The highest BCUT2D eigenvalue weighted by Gasteiger charge is 2.27. The van der Waals surface area contributed by atoms with Crippen molar-refractivity contribution >= 4 is 17.5 Å². The Hall–Kier alpha value is -3.45. The molecule has 0 aromatic heterocycles. The quantitative estimate of drug-likeness (QED) is 0.500. The number of carbonyl (C=O) groups excluding carboxylic acids is 2. The molecule has 0 fully saturated rings. The van der Waals surface area contributed by atoms with Gasteiger partial charge in [0.2, 0.25) is 5.91 Å². The van der Waals surface area contributed by atoms with E-state index in [1.807, 2.05) is 30.1 Å². The monoisotopic (exact) mass is 476 g/mol. The average Bonchev–Trinajstić information content (AvgIpc) is 3.52. The topological polar surface area (TPSA) is 101 Å². The predicted octanol–water partition coefficient (Wildman–Crippen LogP) is 1.41. The van der Waals surface area contributed by atoms with E-state index in [0.29, 0.717) is 56.2 Å². The van der Waals surface area contributed by atoms with Crippen molar-refractivity contribution in [3.8, 4) is 11.8 Å². The summed E-state index contributed by atoms with van der Waals surface area (Å²) in [4.78, 5) is 27.7. The molecule has 0 spiro atoms. The maximum absolute atomic E-state index is 13.3. The molecule has 0 aliphatic carbocycles. The molecule has 9 heteroatoms. The maximum atomic E-state index is 13.3. The summed E-state index contributed by atoms with van der Waals surface area (Å²) in [5, 5.41) is 19.3. The number of hydrazine groups is 1. The molecule has 2 aliphatic heterocycles. The number of nitrogens with one attached hydrogen (secondary N) is 2. The molecule has 35 heavy (non-hydrogen) atoms. The number of ether oxygens (including phenoxy) is 1. The summed E-state index contributed by atoms with van der Waals surface area (Å²) < 4.78 is 5.81. The number of likely N-dealkylation sites (N-methyl/N-ethyl adjacent to an activating group) is 2. The number of carbonyl (C=O) groups is 2. The largest absolute Gasteiger partial charge is 0.491 e. The first-order valence-electron chi connectivity index (χ1n) is 12.0. The summed E-state index contributed by atoms with van der Waals surface area (Å²) in [7, 11) is 1.76. The van der Waals surface area contributed by atoms with E-state index in [4.69, 9.17) is 4.74 Å². The molecule has 184 valence electrons. The first-order valence-corrected chi connectivity index (χ1v) is 12.0. The van der Waals surface area contributed by atoms with Crippen LogP contribution < -0.4 is 20.3 Å². The van der Waals surface area contributed by atoms with Crippen LogP contribution >= 0.6 is 0 Å². The number of fused-ring (bicyclic) bond motifs is 2. The van der Waals surface area contributed by atoms with Crippen LogP contribution in [-0.4, -0.2) is 68.2 Å². The number of nitriles is 1. The van der Waals surface area contributed by atoms with Crippen molar-refractivity contribution in [1.82, 2.24) is 20.7 Å². The minimum atomic E-state index is -0.181. The van der Waals surface area contributed by atoms with Crippen LogP contribution in [0.15, 0.2) is 36.4 Å². The standard InChI is InChI=1S/C26H32N6O3/c1-3-28-9-10-32(23-13-19(14-27)12-20-8-11-35-26(20)23)25(34)16-29-15-24(33)30(2)31-17-21-6-4-5-7-22(21)18-31/h4-7,12-13,28-29H,3,8-11,15-18H2,1-2H3. The third-order valence-electron chi connectivity index (χ3n) is 6.41. The van der Waals surface area contributed by atoms with E-state index in [-0.39, 0.29) is 24.9 Å². The van der Waals surface area contributed by atoms with Gasteiger partial charge in [0.25, 0.3) is 5.91 Å². The van der Waals surface area contributed by atoms with Crippen LogP contribution in [0.4, 0.5) is 5.69 Å². The van der Waals surface area contributed by atoms with Crippen molar-refractivity contribution in [1.29, 1.82) is 5.26 Å². The second-order valence-electron chi connectivity index (χ2n) is 8.71. The van der Waals surface area contributed by atoms with Crippen LogP contribution in [0.1, 0.15) is 29.2 Å². The molecular weight excluding hydrogens is 444 g/mol. The Morgan fingerprint density at radius 3 is 2.49 bits per heavy atom. The number of hydrogen-bond acceptors (Lipinski definition) is 7. The molecule has 0 saturated carbocycles. The zero-order chi connectivity index (χ0) is 24.8. The van der Waals surface area contributed by atoms with Gasteiger partial charge in [0.1, 0.15) is 5.75 Å². The molecule has 0 radical (unpaired) electrons. The highest BCUT2D eigenvalue weighted by molar-refractivity contribution is 5.97. The van der Waals surface area contributed by atoms with Crippen molar-refractivity contribution in [2.45, 2.75) is 26.4 Å². The lowest BCUT2D eigenvalue weighted by Gasteiger charge is -2.28. The Balaban J connectivity index is 1.38. The van der Waals surface area contributed by atoms with Gasteiger partial charge in [-0.15, -0.1) is 0 Å². The van der Waals surface area contributed by atoms with E-state index in [0.717, 1.165) is 12.1 Å². The molecular formula is C26H32N6O3. The molecule has 2 aromatic carbocycles. The van der Waals surface area contributed by atoms with Gasteiger partial charge in [0.15, 0.2) is 0 Å². The van der Waals surface area contributed by atoms with Gasteiger partial charge in [0.05, 0.1) is 37.0 Å². The van der Waals surface area contributed by atoms with E-state index >= 15 is 0 Å². The third kappa shape index (κ3) is 5.62. The molecule has 0 unspecified atom stereocenters. The molecule has 2 aromatic rings. The van der Waals surface area contributed by atoms with Gasteiger partial charge in [-0.25, -0.2) is 5.01 Å². The van der Waals surface area contributed by atoms with Crippen molar-refractivity contribution < 1.29 is 14.3 Å². The lowest BCUT2D eigenvalue weighted by atomic mass is 10.1. The highest BCUT2D eigenvalue weighted by atomic mass is 16.5. The first-order chi connectivity index (χ1) is 17.0. The fourth-order valence-corrected chi connectivity index (χ4v) is 4.47. The Labute approximate surface area is 206 Å². The number of nitrogens with zero attached hydrogens (tertiary/aromatic N) is 4.